The molecule has 0 radical (unpaired) electrons. The van der Waals surface area contributed by atoms with Gasteiger partial charge in [0.25, 0.3) is 0 Å². The van der Waals surface area contributed by atoms with Crippen molar-refractivity contribution < 1.29 is 13.2 Å². The van der Waals surface area contributed by atoms with E-state index < -0.39 is 12.1 Å². The summed E-state index contributed by atoms with van der Waals surface area (Å²) >= 11 is 0. The Hall–Kier alpha value is -1.10. The lowest BCUT2D eigenvalue weighted by Gasteiger charge is -2.42. The summed E-state index contributed by atoms with van der Waals surface area (Å²) in [6.07, 6.45) is -0.459. The van der Waals surface area contributed by atoms with Crippen molar-refractivity contribution in [3.63, 3.8) is 0 Å². The minimum Gasteiger partial charge on any atom is -0.294 e. The first-order valence-electron chi connectivity index (χ1n) is 6.62. The second-order valence-electron chi connectivity index (χ2n) is 5.39. The van der Waals surface area contributed by atoms with Crippen LogP contribution >= 0.6 is 0 Å². The van der Waals surface area contributed by atoms with E-state index >= 15 is 0 Å². The van der Waals surface area contributed by atoms with E-state index in [1.54, 1.807) is 12.4 Å². The number of aromatic nitrogens is 1. The normalized spacial score (nSPS) is 25.8. The highest BCUT2D eigenvalue weighted by atomic mass is 19.4. The van der Waals surface area contributed by atoms with Crippen molar-refractivity contribution in [3.8, 4) is 0 Å². The van der Waals surface area contributed by atoms with Crippen LogP contribution in [-0.2, 0) is 0 Å². The van der Waals surface area contributed by atoms with Gasteiger partial charge in [-0.1, -0.05) is 0 Å². The van der Waals surface area contributed by atoms with Gasteiger partial charge in [0.1, 0.15) is 0 Å². The molecule has 1 fully saturated rings. The predicted octanol–water partition coefficient (Wildman–Crippen LogP) is 3.81. The van der Waals surface area contributed by atoms with Crippen LogP contribution in [0.15, 0.2) is 24.5 Å². The van der Waals surface area contributed by atoms with Crippen molar-refractivity contribution in [2.24, 2.45) is 5.92 Å². The molecule has 2 atom stereocenters. The molecule has 2 nitrogen and oxygen atoms in total. The number of hydrogen-bond acceptors (Lipinski definition) is 2. The van der Waals surface area contributed by atoms with Crippen molar-refractivity contribution >= 4 is 0 Å². The molecule has 19 heavy (non-hydrogen) atoms. The number of likely N-dealkylation sites (tertiary alicyclic amines) is 1. The van der Waals surface area contributed by atoms with Crippen LogP contribution in [0.25, 0.3) is 0 Å². The van der Waals surface area contributed by atoms with Crippen molar-refractivity contribution in [3.05, 3.63) is 30.1 Å². The lowest BCUT2D eigenvalue weighted by atomic mass is 9.86. The Morgan fingerprint density at radius 3 is 2.42 bits per heavy atom. The van der Waals surface area contributed by atoms with Crippen LogP contribution in [0, 0.1) is 5.92 Å². The largest absolute Gasteiger partial charge is 0.391 e. The number of nitrogens with zero attached hydrogens (tertiary/aromatic N) is 2. The highest BCUT2D eigenvalue weighted by Crippen LogP contribution is 2.42. The molecule has 0 aromatic carbocycles. The Balaban J connectivity index is 2.23. The zero-order valence-electron chi connectivity index (χ0n) is 11.2. The zero-order valence-corrected chi connectivity index (χ0v) is 11.2. The fourth-order valence-electron chi connectivity index (χ4n) is 2.81. The number of halogens is 3. The molecule has 1 aliphatic rings. The maximum Gasteiger partial charge on any atom is 0.391 e. The molecule has 1 saturated heterocycles. The van der Waals surface area contributed by atoms with Gasteiger partial charge >= 0.3 is 6.18 Å². The van der Waals surface area contributed by atoms with Crippen LogP contribution in [-0.4, -0.2) is 28.6 Å². The first-order chi connectivity index (χ1) is 8.89. The van der Waals surface area contributed by atoms with E-state index in [1.807, 2.05) is 26.0 Å². The van der Waals surface area contributed by atoms with Gasteiger partial charge in [-0.25, -0.2) is 0 Å². The van der Waals surface area contributed by atoms with E-state index in [2.05, 4.69) is 9.88 Å². The predicted molar refractivity (Wildman–Crippen MR) is 67.6 cm³/mol. The topological polar surface area (TPSA) is 16.1 Å². The van der Waals surface area contributed by atoms with Gasteiger partial charge in [-0.3, -0.25) is 9.88 Å². The smallest absolute Gasteiger partial charge is 0.294 e. The molecule has 0 aliphatic carbocycles. The third kappa shape index (κ3) is 3.26. The van der Waals surface area contributed by atoms with E-state index in [-0.39, 0.29) is 24.9 Å². The Morgan fingerprint density at radius 2 is 1.89 bits per heavy atom. The summed E-state index contributed by atoms with van der Waals surface area (Å²) in [4.78, 5) is 6.09. The number of alkyl halides is 3. The summed E-state index contributed by atoms with van der Waals surface area (Å²) in [5, 5.41) is 0. The van der Waals surface area contributed by atoms with E-state index in [4.69, 9.17) is 0 Å². The van der Waals surface area contributed by atoms with Gasteiger partial charge in [-0.2, -0.15) is 13.2 Å². The van der Waals surface area contributed by atoms with Gasteiger partial charge in [0, 0.05) is 24.5 Å². The van der Waals surface area contributed by atoms with Gasteiger partial charge in [-0.15, -0.1) is 0 Å². The van der Waals surface area contributed by atoms with Crippen LogP contribution in [0.2, 0.25) is 0 Å². The number of pyridine rings is 1. The summed E-state index contributed by atoms with van der Waals surface area (Å²) in [7, 11) is 0. The average molecular weight is 272 g/mol. The summed E-state index contributed by atoms with van der Waals surface area (Å²) in [5.74, 6) is -1.19. The molecule has 2 heterocycles. The Labute approximate surface area is 111 Å². The quantitative estimate of drug-likeness (QED) is 0.814. The standard InChI is InChI=1S/C14H19F3N2/c1-10(2)19-8-5-12(14(15,16)17)9-13(19)11-3-6-18-7-4-11/h3-4,6-7,10,12-13H,5,8-9H2,1-2H3/t12-,13+/m1/s1. The third-order valence-corrected chi connectivity index (χ3v) is 3.86. The molecule has 0 unspecified atom stereocenters. The van der Waals surface area contributed by atoms with Gasteiger partial charge in [-0.05, 0) is 50.9 Å². The summed E-state index contributed by atoms with van der Waals surface area (Å²) in [5.41, 5.74) is 0.928. The van der Waals surface area contributed by atoms with E-state index in [9.17, 15) is 13.2 Å². The molecular formula is C14H19F3N2. The van der Waals surface area contributed by atoms with E-state index in [1.165, 1.54) is 0 Å². The molecule has 106 valence electrons. The SMILES string of the molecule is CC(C)N1CC[C@@H](C(F)(F)F)C[C@H]1c1ccncc1. The van der Waals surface area contributed by atoms with Gasteiger partial charge in [0.2, 0.25) is 0 Å². The number of hydrogen-bond donors (Lipinski definition) is 0. The van der Waals surface area contributed by atoms with Crippen molar-refractivity contribution in [2.75, 3.05) is 6.54 Å². The second-order valence-corrected chi connectivity index (χ2v) is 5.39. The molecule has 0 amide bonds. The Morgan fingerprint density at radius 1 is 1.26 bits per heavy atom. The zero-order chi connectivity index (χ0) is 14.0. The lowest BCUT2D eigenvalue weighted by Crippen LogP contribution is -2.44. The molecule has 1 aromatic heterocycles. The van der Waals surface area contributed by atoms with Gasteiger partial charge < -0.3 is 0 Å². The first-order valence-corrected chi connectivity index (χ1v) is 6.62. The van der Waals surface area contributed by atoms with Gasteiger partial charge in [0.05, 0.1) is 5.92 Å². The molecule has 0 bridgehead atoms. The molecule has 0 saturated carbocycles. The maximum absolute atomic E-state index is 12.9. The maximum atomic E-state index is 12.9. The summed E-state index contributed by atoms with van der Waals surface area (Å²) in [6, 6.07) is 3.72. The first kappa shape index (κ1) is 14.3. The van der Waals surface area contributed by atoms with Crippen LogP contribution in [0.4, 0.5) is 13.2 Å². The summed E-state index contributed by atoms with van der Waals surface area (Å²) < 4.78 is 38.8. The van der Waals surface area contributed by atoms with Crippen molar-refractivity contribution in [1.29, 1.82) is 0 Å². The van der Waals surface area contributed by atoms with Crippen LogP contribution in [0.5, 0.6) is 0 Å². The fraction of sp³-hybridized carbons (Fsp3) is 0.643. The molecule has 5 heteroatoms. The molecule has 1 aromatic rings. The molecule has 1 aliphatic heterocycles. The second kappa shape index (κ2) is 5.49. The molecular weight excluding hydrogens is 253 g/mol. The van der Waals surface area contributed by atoms with Crippen molar-refractivity contribution in [1.82, 2.24) is 9.88 Å². The highest BCUT2D eigenvalue weighted by Gasteiger charge is 2.44. The third-order valence-electron chi connectivity index (χ3n) is 3.86. The van der Waals surface area contributed by atoms with Crippen molar-refractivity contribution in [2.45, 2.75) is 44.9 Å². The van der Waals surface area contributed by atoms with E-state index in [0.717, 1.165) is 5.56 Å². The highest BCUT2D eigenvalue weighted by molar-refractivity contribution is 5.16. The summed E-state index contributed by atoms with van der Waals surface area (Å²) in [6.45, 7) is 4.55. The Kier molecular flexibility index (Phi) is 4.13. The van der Waals surface area contributed by atoms with Crippen LogP contribution in [0.1, 0.15) is 38.3 Å². The fourth-order valence-corrected chi connectivity index (χ4v) is 2.81. The van der Waals surface area contributed by atoms with Gasteiger partial charge in [0.15, 0.2) is 0 Å². The number of rotatable bonds is 2. The minimum absolute atomic E-state index is 0.145. The minimum atomic E-state index is -4.09. The Bertz CT molecular complexity index is 403. The molecule has 2 rings (SSSR count). The molecule has 0 spiro atoms. The lowest BCUT2D eigenvalue weighted by molar-refractivity contribution is -0.191. The van der Waals surface area contributed by atoms with Crippen LogP contribution in [0.3, 0.4) is 0 Å². The number of piperidine rings is 1. The average Bonchev–Trinajstić information content (AvgIpc) is 2.38. The monoisotopic (exact) mass is 272 g/mol. The molecule has 0 N–H and O–H groups in total. The van der Waals surface area contributed by atoms with E-state index in [0.29, 0.717) is 6.54 Å². The van der Waals surface area contributed by atoms with Crippen LogP contribution < -0.4 is 0 Å².